The highest BCUT2D eigenvalue weighted by molar-refractivity contribution is 5.87. The van der Waals surface area contributed by atoms with Crippen molar-refractivity contribution < 1.29 is 38.2 Å². The van der Waals surface area contributed by atoms with Gasteiger partial charge in [0.15, 0.2) is 0 Å². The highest BCUT2D eigenvalue weighted by Gasteiger charge is 2.23. The predicted octanol–water partition coefficient (Wildman–Crippen LogP) is 4.27. The predicted molar refractivity (Wildman–Crippen MR) is 120 cm³/mol. The van der Waals surface area contributed by atoms with Crippen LogP contribution in [0.25, 0.3) is 0 Å². The lowest BCUT2D eigenvalue weighted by atomic mass is 9.96. The van der Waals surface area contributed by atoms with Gasteiger partial charge in [0, 0.05) is 18.1 Å². The van der Waals surface area contributed by atoms with Crippen LogP contribution in [0.5, 0.6) is 5.75 Å². The fraction of sp³-hybridized carbons (Fsp3) is 0.250. The van der Waals surface area contributed by atoms with E-state index in [1.807, 2.05) is 0 Å². The summed E-state index contributed by atoms with van der Waals surface area (Å²) < 4.78 is 37.9. The van der Waals surface area contributed by atoms with Crippen molar-refractivity contribution in [3.8, 4) is 5.75 Å². The maximum atomic E-state index is 13.9. The Labute approximate surface area is 195 Å². The molecule has 2 aromatic rings. The van der Waals surface area contributed by atoms with Gasteiger partial charge in [-0.3, -0.25) is 15.3 Å². The molecule has 0 aliphatic carbocycles. The molecule has 2 aromatic carbocycles. The van der Waals surface area contributed by atoms with E-state index in [-0.39, 0.29) is 18.9 Å². The minimum absolute atomic E-state index is 0.122. The number of nitrogens with one attached hydrogen (secondary N) is 2. The Morgan fingerprint density at radius 1 is 1.15 bits per heavy atom. The van der Waals surface area contributed by atoms with E-state index in [2.05, 4.69) is 5.32 Å². The molecule has 2 rings (SSSR count). The number of aliphatic hydroxyl groups is 1. The highest BCUT2D eigenvalue weighted by Crippen LogP contribution is 2.30. The van der Waals surface area contributed by atoms with Gasteiger partial charge in [0.05, 0.1) is 12.3 Å². The van der Waals surface area contributed by atoms with E-state index >= 15 is 0 Å². The Kier molecular flexibility index (Phi) is 10.2. The Hall–Kier alpha value is -3.76. The topological polar surface area (TPSA) is 117 Å². The zero-order valence-corrected chi connectivity index (χ0v) is 18.6. The van der Waals surface area contributed by atoms with Crippen molar-refractivity contribution >= 4 is 17.7 Å². The normalized spacial score (nSPS) is 13.3. The average molecular weight is 476 g/mol. The first-order valence-corrected chi connectivity index (χ1v) is 10.3. The number of anilines is 1. The number of rotatable bonds is 10. The molecule has 0 saturated heterocycles. The molecule has 0 aromatic heterocycles. The molecule has 0 saturated carbocycles. The van der Waals surface area contributed by atoms with E-state index in [9.17, 15) is 18.4 Å². The summed E-state index contributed by atoms with van der Waals surface area (Å²) in [5, 5.41) is 19.8. The summed E-state index contributed by atoms with van der Waals surface area (Å²) in [7, 11) is 0. The van der Waals surface area contributed by atoms with E-state index in [1.165, 1.54) is 11.6 Å². The molecule has 0 spiro atoms. The third-order valence-electron chi connectivity index (χ3n) is 4.58. The molecule has 0 bridgehead atoms. The van der Waals surface area contributed by atoms with Gasteiger partial charge in [-0.2, -0.15) is 0 Å². The highest BCUT2D eigenvalue weighted by atomic mass is 19.1. The molecule has 0 aliphatic rings. The number of hydroxylamine groups is 1. The molecule has 2 atom stereocenters. The Bertz CT molecular complexity index is 1040. The van der Waals surface area contributed by atoms with Gasteiger partial charge in [0.25, 0.3) is 5.91 Å². The van der Waals surface area contributed by atoms with Gasteiger partial charge in [0.2, 0.25) is 0 Å². The Morgan fingerprint density at radius 3 is 2.47 bits per heavy atom. The van der Waals surface area contributed by atoms with E-state index in [4.69, 9.17) is 19.8 Å². The number of aliphatic hydroxyl groups excluding tert-OH is 1. The van der Waals surface area contributed by atoms with Crippen LogP contribution < -0.4 is 15.5 Å². The molecule has 0 aliphatic heterocycles. The van der Waals surface area contributed by atoms with Crippen LogP contribution >= 0.6 is 0 Å². The summed E-state index contributed by atoms with van der Waals surface area (Å²) >= 11 is 0. The number of halogens is 2. The summed E-state index contributed by atoms with van der Waals surface area (Å²) in [5.74, 6) is -2.33. The van der Waals surface area contributed by atoms with Crippen LogP contribution in [0.2, 0.25) is 0 Å². The number of carbonyl (C=O) groups is 2. The summed E-state index contributed by atoms with van der Waals surface area (Å²) in [6.45, 7) is 3.39. The van der Waals surface area contributed by atoms with Crippen LogP contribution in [-0.4, -0.2) is 35.5 Å². The monoisotopic (exact) mass is 476 g/mol. The minimum Gasteiger partial charge on any atom is -0.491 e. The lowest BCUT2D eigenvalue weighted by Crippen LogP contribution is -2.21. The van der Waals surface area contributed by atoms with Crippen molar-refractivity contribution in [1.29, 1.82) is 0 Å². The molecule has 4 N–H and O–H groups in total. The summed E-state index contributed by atoms with van der Waals surface area (Å²) in [6, 6.07) is 9.37. The van der Waals surface area contributed by atoms with Gasteiger partial charge in [0.1, 0.15) is 30.1 Å². The largest absolute Gasteiger partial charge is 0.491 e. The Morgan fingerprint density at radius 2 is 1.85 bits per heavy atom. The van der Waals surface area contributed by atoms with Gasteiger partial charge in [-0.1, -0.05) is 31.2 Å². The van der Waals surface area contributed by atoms with Gasteiger partial charge >= 0.3 is 6.09 Å². The average Bonchev–Trinajstić information content (AvgIpc) is 2.81. The maximum Gasteiger partial charge on any atom is 0.412 e. The molecule has 182 valence electrons. The number of hydrogen-bond donors (Lipinski definition) is 4. The van der Waals surface area contributed by atoms with Crippen LogP contribution in [-0.2, 0) is 9.53 Å². The van der Waals surface area contributed by atoms with Gasteiger partial charge in [-0.15, -0.1) is 0 Å². The molecule has 8 nitrogen and oxygen atoms in total. The number of amides is 2. The second kappa shape index (κ2) is 13.1. The van der Waals surface area contributed by atoms with Crippen molar-refractivity contribution in [3.63, 3.8) is 0 Å². The molecular weight excluding hydrogens is 450 g/mol. The molecule has 0 heterocycles. The van der Waals surface area contributed by atoms with E-state index in [0.29, 0.717) is 23.0 Å². The first-order valence-electron chi connectivity index (χ1n) is 10.3. The summed E-state index contributed by atoms with van der Waals surface area (Å²) in [4.78, 5) is 23.8. The molecule has 0 fully saturated rings. The van der Waals surface area contributed by atoms with Crippen LogP contribution in [0.1, 0.15) is 25.5 Å². The molecule has 2 amide bonds. The van der Waals surface area contributed by atoms with Crippen molar-refractivity contribution in [3.05, 3.63) is 83.5 Å². The smallest absolute Gasteiger partial charge is 0.412 e. The SMILES string of the molecule is CC(/C=C/[C@@H](C)[C@H](OC(=O)Nc1ccc(F)cc1F)c1ccc(OCCO)cc1)=C\C(=O)NO. The fourth-order valence-corrected chi connectivity index (χ4v) is 2.93. The molecular formula is C24H26F2N2O6. The van der Waals surface area contributed by atoms with Crippen LogP contribution in [0.15, 0.2) is 66.3 Å². The van der Waals surface area contributed by atoms with Crippen molar-refractivity contribution in [1.82, 2.24) is 5.48 Å². The molecule has 0 unspecified atom stereocenters. The number of benzene rings is 2. The standard InChI is InChI=1S/C24H26F2N2O6/c1-15(13-22(30)28-32)3-4-16(2)23(17-5-8-19(9-6-17)33-12-11-29)34-24(31)27-21-10-7-18(25)14-20(21)26/h3-10,13-14,16,23,29,32H,11-12H2,1-2H3,(H,27,31)(H,28,30)/b4-3+,15-13+/t16-,23+/m1/s1. The van der Waals surface area contributed by atoms with Crippen LogP contribution in [0, 0.1) is 17.6 Å². The summed E-state index contributed by atoms with van der Waals surface area (Å²) in [5.41, 5.74) is 2.39. The van der Waals surface area contributed by atoms with Crippen LogP contribution in [0.3, 0.4) is 0 Å². The molecule has 10 heteroatoms. The molecule has 0 radical (unpaired) electrons. The first-order chi connectivity index (χ1) is 16.2. The number of carbonyl (C=O) groups excluding carboxylic acids is 2. The van der Waals surface area contributed by atoms with E-state index < -0.39 is 35.7 Å². The van der Waals surface area contributed by atoms with E-state index in [0.717, 1.165) is 12.1 Å². The van der Waals surface area contributed by atoms with Crippen molar-refractivity contribution in [2.45, 2.75) is 20.0 Å². The lowest BCUT2D eigenvalue weighted by Gasteiger charge is -2.23. The summed E-state index contributed by atoms with van der Waals surface area (Å²) in [6.07, 6.45) is 2.71. The third-order valence-corrected chi connectivity index (χ3v) is 4.58. The number of ether oxygens (including phenoxy) is 2. The first kappa shape index (κ1) is 26.5. The lowest BCUT2D eigenvalue weighted by molar-refractivity contribution is -0.124. The zero-order valence-electron chi connectivity index (χ0n) is 18.6. The third kappa shape index (κ3) is 8.30. The second-order valence-corrected chi connectivity index (χ2v) is 7.30. The number of allylic oxidation sites excluding steroid dienone is 2. The van der Waals surface area contributed by atoms with Gasteiger partial charge < -0.3 is 14.6 Å². The molecule has 34 heavy (non-hydrogen) atoms. The van der Waals surface area contributed by atoms with Crippen molar-refractivity contribution in [2.75, 3.05) is 18.5 Å². The van der Waals surface area contributed by atoms with Gasteiger partial charge in [-0.25, -0.2) is 19.1 Å². The quantitative estimate of drug-likeness (QED) is 0.176. The minimum atomic E-state index is -0.955. The number of hydrogen-bond acceptors (Lipinski definition) is 6. The van der Waals surface area contributed by atoms with Gasteiger partial charge in [-0.05, 0) is 42.3 Å². The zero-order chi connectivity index (χ0) is 25.1. The van der Waals surface area contributed by atoms with Crippen LogP contribution in [0.4, 0.5) is 19.3 Å². The van der Waals surface area contributed by atoms with E-state index in [1.54, 1.807) is 50.3 Å². The maximum absolute atomic E-state index is 13.9. The second-order valence-electron chi connectivity index (χ2n) is 7.30. The Balaban J connectivity index is 2.24. The fourth-order valence-electron chi connectivity index (χ4n) is 2.93. The van der Waals surface area contributed by atoms with Crippen molar-refractivity contribution in [2.24, 2.45) is 5.92 Å².